The van der Waals surface area contributed by atoms with E-state index in [2.05, 4.69) is 17.2 Å². The van der Waals surface area contributed by atoms with Crippen LogP contribution in [-0.2, 0) is 4.79 Å². The molecule has 0 spiro atoms. The first-order chi connectivity index (χ1) is 9.20. The van der Waals surface area contributed by atoms with E-state index in [1.54, 1.807) is 0 Å². The Morgan fingerprint density at radius 3 is 3.16 bits per heavy atom. The van der Waals surface area contributed by atoms with E-state index in [0.29, 0.717) is 12.3 Å². The first-order valence-corrected chi connectivity index (χ1v) is 6.54. The Kier molecular flexibility index (Phi) is 4.39. The Hall–Kier alpha value is -2.04. The summed E-state index contributed by atoms with van der Waals surface area (Å²) in [6.45, 7) is 4.74. The minimum atomic E-state index is -0.0984. The van der Waals surface area contributed by atoms with Gasteiger partial charge in [0.25, 0.3) is 5.91 Å². The highest BCUT2D eigenvalue weighted by Gasteiger charge is 2.07. The van der Waals surface area contributed by atoms with Crippen LogP contribution in [0.4, 0.5) is 0 Å². The molecule has 2 heterocycles. The van der Waals surface area contributed by atoms with E-state index in [-0.39, 0.29) is 12.5 Å². The summed E-state index contributed by atoms with van der Waals surface area (Å²) in [5.41, 5.74) is 1.66. The largest absolute Gasteiger partial charge is 0.480 e. The van der Waals surface area contributed by atoms with Crippen molar-refractivity contribution in [3.05, 3.63) is 30.2 Å². The summed E-state index contributed by atoms with van der Waals surface area (Å²) < 4.78 is 7.42. The number of unbranched alkanes of at least 4 members (excludes halogenated alkanes) is 1. The molecule has 1 N–H and O–H groups in total. The van der Waals surface area contributed by atoms with Crippen LogP contribution in [0, 0.1) is 6.92 Å². The summed E-state index contributed by atoms with van der Waals surface area (Å²) >= 11 is 0. The number of hydrogen-bond acceptors (Lipinski definition) is 3. The van der Waals surface area contributed by atoms with Crippen molar-refractivity contribution in [2.24, 2.45) is 0 Å². The predicted octanol–water partition coefficient (Wildman–Crippen LogP) is 1.94. The second-order valence-electron chi connectivity index (χ2n) is 4.48. The van der Waals surface area contributed by atoms with Gasteiger partial charge in [0, 0.05) is 18.9 Å². The maximum atomic E-state index is 11.6. The van der Waals surface area contributed by atoms with Crippen LogP contribution in [0.15, 0.2) is 24.5 Å². The van der Waals surface area contributed by atoms with Crippen molar-refractivity contribution in [2.75, 3.05) is 13.2 Å². The lowest BCUT2D eigenvalue weighted by atomic mass is 10.3. The van der Waals surface area contributed by atoms with Crippen LogP contribution in [0.2, 0.25) is 0 Å². The van der Waals surface area contributed by atoms with Gasteiger partial charge in [0.1, 0.15) is 0 Å². The lowest BCUT2D eigenvalue weighted by molar-refractivity contribution is -0.123. The highest BCUT2D eigenvalue weighted by atomic mass is 16.5. The normalized spacial score (nSPS) is 10.6. The van der Waals surface area contributed by atoms with Crippen molar-refractivity contribution < 1.29 is 9.53 Å². The van der Waals surface area contributed by atoms with Crippen LogP contribution < -0.4 is 10.1 Å². The van der Waals surface area contributed by atoms with Gasteiger partial charge in [-0.25, -0.2) is 4.98 Å². The van der Waals surface area contributed by atoms with Gasteiger partial charge in [0.2, 0.25) is 0 Å². The van der Waals surface area contributed by atoms with E-state index in [1.165, 1.54) is 0 Å². The fourth-order valence-electron chi connectivity index (χ4n) is 1.82. The molecule has 0 aromatic carbocycles. The van der Waals surface area contributed by atoms with Gasteiger partial charge in [0.05, 0.1) is 5.69 Å². The summed E-state index contributed by atoms with van der Waals surface area (Å²) in [4.78, 5) is 15.9. The SMILES string of the molecule is CCCCNC(=O)COc1cccn2cc(C)nc12. The van der Waals surface area contributed by atoms with Crippen molar-refractivity contribution in [3.63, 3.8) is 0 Å². The molecule has 0 atom stereocenters. The second kappa shape index (κ2) is 6.22. The maximum absolute atomic E-state index is 11.6. The quantitative estimate of drug-likeness (QED) is 0.808. The Bertz CT molecular complexity index is 563. The summed E-state index contributed by atoms with van der Waals surface area (Å²) in [5, 5.41) is 2.82. The third kappa shape index (κ3) is 3.47. The zero-order valence-electron chi connectivity index (χ0n) is 11.3. The molecule has 5 nitrogen and oxygen atoms in total. The van der Waals surface area contributed by atoms with Gasteiger partial charge in [-0.2, -0.15) is 0 Å². The fraction of sp³-hybridized carbons (Fsp3) is 0.429. The molecule has 2 aromatic rings. The van der Waals surface area contributed by atoms with E-state index in [0.717, 1.165) is 24.2 Å². The zero-order valence-corrected chi connectivity index (χ0v) is 11.3. The number of aromatic nitrogens is 2. The number of carbonyl (C=O) groups excluding carboxylic acids is 1. The second-order valence-corrected chi connectivity index (χ2v) is 4.48. The topological polar surface area (TPSA) is 55.6 Å². The maximum Gasteiger partial charge on any atom is 0.257 e. The summed E-state index contributed by atoms with van der Waals surface area (Å²) in [7, 11) is 0. The minimum absolute atomic E-state index is 0.0231. The van der Waals surface area contributed by atoms with E-state index in [4.69, 9.17) is 4.74 Å². The van der Waals surface area contributed by atoms with Crippen LogP contribution in [0.1, 0.15) is 25.5 Å². The van der Waals surface area contributed by atoms with Crippen LogP contribution in [0.5, 0.6) is 5.75 Å². The van der Waals surface area contributed by atoms with Gasteiger partial charge < -0.3 is 14.5 Å². The Balaban J connectivity index is 1.96. The Morgan fingerprint density at radius 1 is 1.53 bits per heavy atom. The van der Waals surface area contributed by atoms with Crippen LogP contribution in [0.3, 0.4) is 0 Å². The van der Waals surface area contributed by atoms with Crippen molar-refractivity contribution >= 4 is 11.6 Å². The van der Waals surface area contributed by atoms with Gasteiger partial charge >= 0.3 is 0 Å². The number of aryl methyl sites for hydroxylation is 1. The lowest BCUT2D eigenvalue weighted by Gasteiger charge is -2.07. The molecule has 2 rings (SSSR count). The Labute approximate surface area is 112 Å². The number of nitrogens with one attached hydrogen (secondary N) is 1. The minimum Gasteiger partial charge on any atom is -0.480 e. The highest BCUT2D eigenvalue weighted by molar-refractivity contribution is 5.77. The van der Waals surface area contributed by atoms with Crippen molar-refractivity contribution in [1.29, 1.82) is 0 Å². The number of amides is 1. The molecule has 0 unspecified atom stereocenters. The molecule has 1 amide bonds. The lowest BCUT2D eigenvalue weighted by Crippen LogP contribution is -2.29. The molecule has 0 fully saturated rings. The highest BCUT2D eigenvalue weighted by Crippen LogP contribution is 2.18. The van der Waals surface area contributed by atoms with Gasteiger partial charge in [-0.1, -0.05) is 13.3 Å². The average Bonchev–Trinajstić information content (AvgIpc) is 2.77. The number of hydrogen-bond donors (Lipinski definition) is 1. The number of fused-ring (bicyclic) bond motifs is 1. The van der Waals surface area contributed by atoms with Crippen LogP contribution in [-0.4, -0.2) is 28.4 Å². The number of nitrogens with zero attached hydrogens (tertiary/aromatic N) is 2. The monoisotopic (exact) mass is 261 g/mol. The number of pyridine rings is 1. The van der Waals surface area contributed by atoms with Crippen LogP contribution in [0.25, 0.3) is 5.65 Å². The molecule has 0 radical (unpaired) electrons. The van der Waals surface area contributed by atoms with E-state index in [1.807, 2.05) is 35.9 Å². The molecule has 102 valence electrons. The smallest absolute Gasteiger partial charge is 0.257 e. The summed E-state index contributed by atoms with van der Waals surface area (Å²) in [6, 6.07) is 3.69. The molecule has 0 aliphatic heterocycles. The van der Waals surface area contributed by atoms with E-state index < -0.39 is 0 Å². The first-order valence-electron chi connectivity index (χ1n) is 6.54. The van der Waals surface area contributed by atoms with Gasteiger partial charge in [-0.3, -0.25) is 4.79 Å². The summed E-state index contributed by atoms with van der Waals surface area (Å²) in [6.07, 6.45) is 5.88. The molecule has 5 heteroatoms. The third-order valence-electron chi connectivity index (χ3n) is 2.78. The molecule has 2 aromatic heterocycles. The number of rotatable bonds is 6. The average molecular weight is 261 g/mol. The molecule has 0 saturated carbocycles. The number of imidazole rings is 1. The number of carbonyl (C=O) groups is 1. The van der Waals surface area contributed by atoms with E-state index >= 15 is 0 Å². The molecule has 0 aliphatic carbocycles. The van der Waals surface area contributed by atoms with Gasteiger partial charge in [-0.05, 0) is 25.5 Å². The standard InChI is InChI=1S/C14H19N3O2/c1-3-4-7-15-13(18)10-19-12-6-5-8-17-9-11(2)16-14(12)17/h5-6,8-9H,3-4,7,10H2,1-2H3,(H,15,18). The molecule has 0 bridgehead atoms. The predicted molar refractivity (Wildman–Crippen MR) is 73.3 cm³/mol. The Morgan fingerprint density at radius 2 is 2.37 bits per heavy atom. The van der Waals surface area contributed by atoms with Crippen molar-refractivity contribution in [3.8, 4) is 5.75 Å². The van der Waals surface area contributed by atoms with Gasteiger partial charge in [0.15, 0.2) is 18.0 Å². The molecule has 0 aliphatic rings. The van der Waals surface area contributed by atoms with Crippen molar-refractivity contribution in [2.45, 2.75) is 26.7 Å². The molecular formula is C14H19N3O2. The van der Waals surface area contributed by atoms with E-state index in [9.17, 15) is 4.79 Å². The van der Waals surface area contributed by atoms with Crippen LogP contribution >= 0.6 is 0 Å². The first kappa shape index (κ1) is 13.4. The molecule has 19 heavy (non-hydrogen) atoms. The third-order valence-corrected chi connectivity index (χ3v) is 2.78. The molecular weight excluding hydrogens is 242 g/mol. The molecule has 0 saturated heterocycles. The summed E-state index contributed by atoms with van der Waals surface area (Å²) in [5.74, 6) is 0.528. The number of ether oxygens (including phenoxy) is 1. The fourth-order valence-corrected chi connectivity index (χ4v) is 1.82. The zero-order chi connectivity index (χ0) is 13.7. The van der Waals surface area contributed by atoms with Crippen molar-refractivity contribution in [1.82, 2.24) is 14.7 Å². The van der Waals surface area contributed by atoms with Gasteiger partial charge in [-0.15, -0.1) is 0 Å².